The van der Waals surface area contributed by atoms with E-state index in [0.29, 0.717) is 24.9 Å². The van der Waals surface area contributed by atoms with Crippen LogP contribution in [0.2, 0.25) is 0 Å². The van der Waals surface area contributed by atoms with Gasteiger partial charge in [-0.2, -0.15) is 4.98 Å². The topological polar surface area (TPSA) is 61.3 Å². The highest BCUT2D eigenvalue weighted by Crippen LogP contribution is 2.21. The largest absolute Gasteiger partial charge is 0.353 e. The fourth-order valence-electron chi connectivity index (χ4n) is 2.58. The molecule has 1 aliphatic rings. The third-order valence-electron chi connectivity index (χ3n) is 3.78. The highest BCUT2D eigenvalue weighted by Gasteiger charge is 2.22. The second-order valence-corrected chi connectivity index (χ2v) is 5.73. The Balaban J connectivity index is 1.73. The summed E-state index contributed by atoms with van der Waals surface area (Å²) in [6, 6.07) is 1.98. The van der Waals surface area contributed by atoms with Crippen LogP contribution in [0, 0.1) is 12.7 Å². The Kier molecular flexibility index (Phi) is 4.22. The zero-order valence-corrected chi connectivity index (χ0v) is 13.6. The predicted molar refractivity (Wildman–Crippen MR) is 87.5 cm³/mol. The highest BCUT2D eigenvalue weighted by molar-refractivity contribution is 5.48. The van der Waals surface area contributed by atoms with Gasteiger partial charge in [0.05, 0.1) is 6.20 Å². The van der Waals surface area contributed by atoms with Gasteiger partial charge in [0.25, 0.3) is 0 Å². The van der Waals surface area contributed by atoms with E-state index in [-0.39, 0.29) is 5.82 Å². The standard InChI is InChI=1S/C15H20FN7/c1-11-8-13(20-15(19-11)21(2)3)22-4-6-23(7-5-22)14-12(16)9-17-10-18-14/h8-10H,4-7H2,1-3H3. The number of hydrogen-bond donors (Lipinski definition) is 0. The number of halogens is 1. The minimum atomic E-state index is -0.381. The van der Waals surface area contributed by atoms with E-state index in [0.717, 1.165) is 24.6 Å². The maximum atomic E-state index is 13.8. The van der Waals surface area contributed by atoms with Crippen LogP contribution >= 0.6 is 0 Å². The van der Waals surface area contributed by atoms with E-state index in [1.807, 2.05) is 36.9 Å². The van der Waals surface area contributed by atoms with Crippen LogP contribution in [0.15, 0.2) is 18.6 Å². The number of aryl methyl sites for hydroxylation is 1. The second kappa shape index (κ2) is 6.31. The van der Waals surface area contributed by atoms with Crippen molar-refractivity contribution in [1.29, 1.82) is 0 Å². The van der Waals surface area contributed by atoms with Crippen LogP contribution in [-0.4, -0.2) is 60.2 Å². The molecule has 0 atom stereocenters. The van der Waals surface area contributed by atoms with Gasteiger partial charge in [-0.05, 0) is 6.92 Å². The van der Waals surface area contributed by atoms with Crippen LogP contribution in [0.4, 0.5) is 22.0 Å². The van der Waals surface area contributed by atoms with Gasteiger partial charge >= 0.3 is 0 Å². The molecule has 7 nitrogen and oxygen atoms in total. The van der Waals surface area contributed by atoms with Crippen molar-refractivity contribution in [3.63, 3.8) is 0 Å². The van der Waals surface area contributed by atoms with E-state index >= 15 is 0 Å². The fraction of sp³-hybridized carbons (Fsp3) is 0.467. The first-order valence-electron chi connectivity index (χ1n) is 7.53. The molecule has 0 saturated carbocycles. The molecule has 8 heteroatoms. The van der Waals surface area contributed by atoms with E-state index in [1.165, 1.54) is 12.5 Å². The molecule has 0 N–H and O–H groups in total. The third kappa shape index (κ3) is 3.30. The average molecular weight is 317 g/mol. The Morgan fingerprint density at radius 1 is 1.09 bits per heavy atom. The number of rotatable bonds is 3. The molecular formula is C15H20FN7. The van der Waals surface area contributed by atoms with Gasteiger partial charge in [0.2, 0.25) is 5.95 Å². The van der Waals surface area contributed by atoms with Crippen LogP contribution in [-0.2, 0) is 0 Å². The molecule has 0 aromatic carbocycles. The van der Waals surface area contributed by atoms with Crippen molar-refractivity contribution < 1.29 is 4.39 Å². The Hall–Kier alpha value is -2.51. The van der Waals surface area contributed by atoms with Crippen molar-refractivity contribution in [2.24, 2.45) is 0 Å². The molecule has 1 saturated heterocycles. The summed E-state index contributed by atoms with van der Waals surface area (Å²) >= 11 is 0. The summed E-state index contributed by atoms with van der Waals surface area (Å²) in [6.45, 7) is 4.85. The van der Waals surface area contributed by atoms with E-state index in [4.69, 9.17) is 0 Å². The Bertz CT molecular complexity index is 683. The normalized spacial score (nSPS) is 15.0. The lowest BCUT2D eigenvalue weighted by molar-refractivity contribution is 0.581. The minimum absolute atomic E-state index is 0.368. The van der Waals surface area contributed by atoms with Crippen LogP contribution in [0.1, 0.15) is 5.69 Å². The van der Waals surface area contributed by atoms with Gasteiger partial charge in [-0.15, -0.1) is 0 Å². The molecule has 0 unspecified atom stereocenters. The molecule has 0 bridgehead atoms. The lowest BCUT2D eigenvalue weighted by Crippen LogP contribution is -2.47. The van der Waals surface area contributed by atoms with E-state index < -0.39 is 0 Å². The molecule has 3 rings (SSSR count). The Morgan fingerprint density at radius 2 is 1.78 bits per heavy atom. The number of nitrogens with zero attached hydrogens (tertiary/aromatic N) is 7. The van der Waals surface area contributed by atoms with E-state index in [9.17, 15) is 4.39 Å². The van der Waals surface area contributed by atoms with Crippen molar-refractivity contribution in [3.05, 3.63) is 30.1 Å². The lowest BCUT2D eigenvalue weighted by atomic mass is 10.3. The Morgan fingerprint density at radius 3 is 2.43 bits per heavy atom. The quantitative estimate of drug-likeness (QED) is 0.840. The van der Waals surface area contributed by atoms with Gasteiger partial charge in [0, 0.05) is 52.0 Å². The molecule has 1 fully saturated rings. The van der Waals surface area contributed by atoms with Crippen LogP contribution in [0.25, 0.3) is 0 Å². The Labute approximate surface area is 134 Å². The molecule has 0 spiro atoms. The molecule has 0 radical (unpaired) electrons. The zero-order chi connectivity index (χ0) is 16.4. The van der Waals surface area contributed by atoms with Crippen LogP contribution < -0.4 is 14.7 Å². The van der Waals surface area contributed by atoms with Crippen molar-refractivity contribution in [1.82, 2.24) is 19.9 Å². The second-order valence-electron chi connectivity index (χ2n) is 5.73. The van der Waals surface area contributed by atoms with Crippen LogP contribution in [0.5, 0.6) is 0 Å². The summed E-state index contributed by atoms with van der Waals surface area (Å²) in [5.74, 6) is 1.59. The maximum Gasteiger partial charge on any atom is 0.226 e. The first-order chi connectivity index (χ1) is 11.0. The van der Waals surface area contributed by atoms with Crippen molar-refractivity contribution >= 4 is 17.6 Å². The minimum Gasteiger partial charge on any atom is -0.353 e. The predicted octanol–water partition coefficient (Wildman–Crippen LogP) is 1.11. The molecule has 0 aliphatic carbocycles. The van der Waals surface area contributed by atoms with Gasteiger partial charge in [-0.1, -0.05) is 0 Å². The summed E-state index contributed by atoms with van der Waals surface area (Å²) < 4.78 is 13.8. The first-order valence-corrected chi connectivity index (χ1v) is 7.53. The van der Waals surface area contributed by atoms with E-state index in [1.54, 1.807) is 0 Å². The number of piperazine rings is 1. The highest BCUT2D eigenvalue weighted by atomic mass is 19.1. The zero-order valence-electron chi connectivity index (χ0n) is 13.6. The van der Waals surface area contributed by atoms with Gasteiger partial charge in [-0.3, -0.25) is 0 Å². The van der Waals surface area contributed by atoms with Gasteiger partial charge < -0.3 is 14.7 Å². The van der Waals surface area contributed by atoms with Gasteiger partial charge in [-0.25, -0.2) is 19.3 Å². The maximum absolute atomic E-state index is 13.8. The summed E-state index contributed by atoms with van der Waals surface area (Å²) in [5, 5.41) is 0. The molecule has 3 heterocycles. The smallest absolute Gasteiger partial charge is 0.226 e. The van der Waals surface area contributed by atoms with Crippen molar-refractivity contribution in [2.45, 2.75) is 6.92 Å². The lowest BCUT2D eigenvalue weighted by Gasteiger charge is -2.36. The first kappa shape index (κ1) is 15.4. The monoisotopic (exact) mass is 317 g/mol. The summed E-state index contributed by atoms with van der Waals surface area (Å²) in [6.07, 6.45) is 2.58. The van der Waals surface area contributed by atoms with Crippen molar-refractivity contribution in [3.8, 4) is 0 Å². The number of anilines is 3. The molecule has 0 amide bonds. The molecule has 1 aliphatic heterocycles. The third-order valence-corrected chi connectivity index (χ3v) is 3.78. The molecule has 122 valence electrons. The summed E-state index contributed by atoms with van der Waals surface area (Å²) in [5.41, 5.74) is 0.933. The van der Waals surface area contributed by atoms with Gasteiger partial charge in [0.15, 0.2) is 11.6 Å². The SMILES string of the molecule is Cc1cc(N2CCN(c3ncncc3F)CC2)nc(N(C)C)n1. The molecular weight excluding hydrogens is 297 g/mol. The van der Waals surface area contributed by atoms with Crippen LogP contribution in [0.3, 0.4) is 0 Å². The molecule has 2 aromatic rings. The molecule has 2 aromatic heterocycles. The fourth-order valence-corrected chi connectivity index (χ4v) is 2.58. The number of aromatic nitrogens is 4. The summed E-state index contributed by atoms with van der Waals surface area (Å²) in [7, 11) is 3.85. The van der Waals surface area contributed by atoms with Gasteiger partial charge in [0.1, 0.15) is 12.1 Å². The molecule has 23 heavy (non-hydrogen) atoms. The number of hydrogen-bond acceptors (Lipinski definition) is 7. The average Bonchev–Trinajstić information content (AvgIpc) is 2.55. The van der Waals surface area contributed by atoms with E-state index in [2.05, 4.69) is 24.8 Å². The summed E-state index contributed by atoms with van der Waals surface area (Å²) in [4.78, 5) is 22.8. The van der Waals surface area contributed by atoms with Crippen molar-refractivity contribution in [2.75, 3.05) is 55.0 Å².